The zero-order valence-corrected chi connectivity index (χ0v) is 11.5. The normalized spacial score (nSPS) is 10.2. The summed E-state index contributed by atoms with van der Waals surface area (Å²) >= 11 is 1.53. The fourth-order valence-electron chi connectivity index (χ4n) is 1.59. The van der Waals surface area contributed by atoms with Crippen molar-refractivity contribution in [3.05, 3.63) is 39.8 Å². The van der Waals surface area contributed by atoms with Crippen LogP contribution >= 0.6 is 11.3 Å². The molecule has 0 saturated heterocycles. The third-order valence-corrected chi connectivity index (χ3v) is 3.37. The van der Waals surface area contributed by atoms with E-state index in [0.717, 1.165) is 10.7 Å². The predicted octanol–water partition coefficient (Wildman–Crippen LogP) is 2.10. The number of thiazole rings is 1. The van der Waals surface area contributed by atoms with Gasteiger partial charge in [0.2, 0.25) is 0 Å². The molecule has 0 aliphatic heterocycles. The van der Waals surface area contributed by atoms with Crippen LogP contribution in [0.5, 0.6) is 11.5 Å². The van der Waals surface area contributed by atoms with Gasteiger partial charge >= 0.3 is 0 Å². The van der Waals surface area contributed by atoms with Crippen molar-refractivity contribution in [1.82, 2.24) is 10.3 Å². The molecule has 0 saturated carbocycles. The van der Waals surface area contributed by atoms with Crippen LogP contribution < -0.4 is 10.1 Å². The highest BCUT2D eigenvalue weighted by molar-refractivity contribution is 7.09. The highest BCUT2D eigenvalue weighted by Crippen LogP contribution is 2.23. The van der Waals surface area contributed by atoms with Crippen LogP contribution in [0.25, 0.3) is 0 Å². The number of phenols is 1. The van der Waals surface area contributed by atoms with Gasteiger partial charge in [0.25, 0.3) is 5.91 Å². The van der Waals surface area contributed by atoms with E-state index in [1.807, 2.05) is 12.3 Å². The Morgan fingerprint density at radius 3 is 2.89 bits per heavy atom. The largest absolute Gasteiger partial charge is 0.507 e. The number of nitrogens with zero attached hydrogens (tertiary/aromatic N) is 1. The van der Waals surface area contributed by atoms with Gasteiger partial charge in [0.1, 0.15) is 11.5 Å². The number of carbonyl (C=O) groups excluding carboxylic acids is 1. The number of amides is 1. The number of benzene rings is 1. The molecular formula is C13H14N2O3S. The fraction of sp³-hybridized carbons (Fsp3) is 0.231. The van der Waals surface area contributed by atoms with Gasteiger partial charge in [0.15, 0.2) is 0 Å². The summed E-state index contributed by atoms with van der Waals surface area (Å²) in [5, 5.41) is 15.3. The molecule has 0 bridgehead atoms. The van der Waals surface area contributed by atoms with Crippen molar-refractivity contribution in [3.8, 4) is 11.5 Å². The zero-order chi connectivity index (χ0) is 13.8. The lowest BCUT2D eigenvalue weighted by Crippen LogP contribution is -2.23. The molecule has 0 atom stereocenters. The van der Waals surface area contributed by atoms with Crippen LogP contribution in [0.3, 0.4) is 0 Å². The fourth-order valence-corrected chi connectivity index (χ4v) is 2.20. The molecule has 2 rings (SSSR count). The van der Waals surface area contributed by atoms with Gasteiger partial charge in [0.05, 0.1) is 29.9 Å². The van der Waals surface area contributed by atoms with Crippen LogP contribution in [0.1, 0.15) is 21.1 Å². The lowest BCUT2D eigenvalue weighted by molar-refractivity contribution is 0.0947. The minimum atomic E-state index is -0.342. The monoisotopic (exact) mass is 278 g/mol. The third-order valence-electron chi connectivity index (χ3n) is 2.55. The van der Waals surface area contributed by atoms with Crippen molar-refractivity contribution in [3.63, 3.8) is 0 Å². The average Bonchev–Trinajstić information content (AvgIpc) is 2.81. The van der Waals surface area contributed by atoms with Crippen LogP contribution in [0.2, 0.25) is 0 Å². The van der Waals surface area contributed by atoms with Gasteiger partial charge < -0.3 is 15.2 Å². The number of nitrogens with one attached hydrogen (secondary N) is 1. The van der Waals surface area contributed by atoms with Gasteiger partial charge in [-0.15, -0.1) is 11.3 Å². The van der Waals surface area contributed by atoms with E-state index in [0.29, 0.717) is 12.3 Å². The summed E-state index contributed by atoms with van der Waals surface area (Å²) < 4.78 is 4.96. The van der Waals surface area contributed by atoms with E-state index in [-0.39, 0.29) is 17.2 Å². The molecule has 1 aromatic heterocycles. The van der Waals surface area contributed by atoms with Gasteiger partial charge in [0, 0.05) is 11.4 Å². The number of phenolic OH excluding ortho intramolecular Hbond substituents is 1. The van der Waals surface area contributed by atoms with Crippen LogP contribution in [-0.2, 0) is 6.54 Å². The lowest BCUT2D eigenvalue weighted by atomic mass is 10.2. The summed E-state index contributed by atoms with van der Waals surface area (Å²) in [5.41, 5.74) is 1.02. The van der Waals surface area contributed by atoms with E-state index in [1.54, 1.807) is 6.07 Å². The number of ether oxygens (including phenoxy) is 1. The predicted molar refractivity (Wildman–Crippen MR) is 72.7 cm³/mol. The van der Waals surface area contributed by atoms with Crippen molar-refractivity contribution in [2.24, 2.45) is 0 Å². The topological polar surface area (TPSA) is 71.5 Å². The van der Waals surface area contributed by atoms with Crippen LogP contribution in [0.15, 0.2) is 23.6 Å². The van der Waals surface area contributed by atoms with Gasteiger partial charge in [-0.25, -0.2) is 4.98 Å². The van der Waals surface area contributed by atoms with Crippen molar-refractivity contribution in [2.45, 2.75) is 13.5 Å². The Morgan fingerprint density at radius 2 is 2.32 bits per heavy atom. The second-order valence-electron chi connectivity index (χ2n) is 3.92. The van der Waals surface area contributed by atoms with Crippen LogP contribution in [-0.4, -0.2) is 23.1 Å². The molecule has 2 aromatic rings. The molecule has 0 unspecified atom stereocenters. The Labute approximate surface area is 114 Å². The first kappa shape index (κ1) is 13.4. The smallest absolute Gasteiger partial charge is 0.255 e. The summed E-state index contributed by atoms with van der Waals surface area (Å²) in [6.45, 7) is 2.25. The molecule has 0 radical (unpaired) electrons. The maximum absolute atomic E-state index is 11.9. The van der Waals surface area contributed by atoms with E-state index in [1.165, 1.54) is 30.6 Å². The average molecular weight is 278 g/mol. The first-order chi connectivity index (χ1) is 9.10. The highest BCUT2D eigenvalue weighted by atomic mass is 32.1. The van der Waals surface area contributed by atoms with E-state index in [2.05, 4.69) is 10.3 Å². The minimum absolute atomic E-state index is 0.105. The first-order valence-electron chi connectivity index (χ1n) is 5.66. The molecule has 0 fully saturated rings. The number of rotatable bonds is 4. The summed E-state index contributed by atoms with van der Waals surface area (Å²) in [4.78, 5) is 16.2. The van der Waals surface area contributed by atoms with Gasteiger partial charge in [-0.1, -0.05) is 0 Å². The highest BCUT2D eigenvalue weighted by Gasteiger charge is 2.12. The van der Waals surface area contributed by atoms with Gasteiger partial charge in [-0.05, 0) is 19.1 Å². The van der Waals surface area contributed by atoms with E-state index >= 15 is 0 Å². The molecule has 1 heterocycles. The number of methoxy groups -OCH3 is 1. The van der Waals surface area contributed by atoms with Gasteiger partial charge in [-0.2, -0.15) is 0 Å². The summed E-state index contributed by atoms with van der Waals surface area (Å²) in [5.74, 6) is 0.0568. The molecule has 5 nitrogen and oxygen atoms in total. The van der Waals surface area contributed by atoms with Gasteiger partial charge in [-0.3, -0.25) is 4.79 Å². The molecule has 19 heavy (non-hydrogen) atoms. The molecule has 1 amide bonds. The molecule has 0 spiro atoms. The molecule has 1 aromatic carbocycles. The number of carbonyl (C=O) groups is 1. The number of hydrogen-bond acceptors (Lipinski definition) is 5. The van der Waals surface area contributed by atoms with Crippen molar-refractivity contribution < 1.29 is 14.6 Å². The summed E-state index contributed by atoms with van der Waals surface area (Å²) in [6, 6.07) is 4.55. The summed E-state index contributed by atoms with van der Waals surface area (Å²) in [7, 11) is 1.50. The number of hydrogen-bond donors (Lipinski definition) is 2. The Hall–Kier alpha value is -2.08. The SMILES string of the molecule is COc1ccc(C(=O)NCc2csc(C)n2)c(O)c1. The molecular weight excluding hydrogens is 264 g/mol. The third kappa shape index (κ3) is 3.23. The maximum Gasteiger partial charge on any atom is 0.255 e. The van der Waals surface area contributed by atoms with Crippen LogP contribution in [0.4, 0.5) is 0 Å². The quantitative estimate of drug-likeness (QED) is 0.898. The maximum atomic E-state index is 11.9. The summed E-state index contributed by atoms with van der Waals surface area (Å²) in [6.07, 6.45) is 0. The van der Waals surface area contributed by atoms with E-state index in [4.69, 9.17) is 4.74 Å². The molecule has 2 N–H and O–H groups in total. The second kappa shape index (κ2) is 5.71. The number of aryl methyl sites for hydroxylation is 1. The number of aromatic hydroxyl groups is 1. The van der Waals surface area contributed by atoms with Crippen molar-refractivity contribution >= 4 is 17.2 Å². The van der Waals surface area contributed by atoms with Crippen LogP contribution in [0, 0.1) is 6.92 Å². The molecule has 0 aliphatic carbocycles. The Morgan fingerprint density at radius 1 is 1.53 bits per heavy atom. The molecule has 6 heteroatoms. The Bertz CT molecular complexity index is 595. The first-order valence-corrected chi connectivity index (χ1v) is 6.54. The Balaban J connectivity index is 2.03. The Kier molecular flexibility index (Phi) is 4.01. The van der Waals surface area contributed by atoms with Crippen molar-refractivity contribution in [2.75, 3.05) is 7.11 Å². The second-order valence-corrected chi connectivity index (χ2v) is 4.99. The zero-order valence-electron chi connectivity index (χ0n) is 10.6. The molecule has 0 aliphatic rings. The standard InChI is InChI=1S/C13H14N2O3S/c1-8-15-9(7-19-8)6-14-13(17)11-4-3-10(18-2)5-12(11)16/h3-5,7,16H,6H2,1-2H3,(H,14,17). The molecule has 100 valence electrons. The van der Waals surface area contributed by atoms with E-state index < -0.39 is 0 Å². The van der Waals surface area contributed by atoms with Crippen molar-refractivity contribution in [1.29, 1.82) is 0 Å². The minimum Gasteiger partial charge on any atom is -0.507 e. The van der Waals surface area contributed by atoms with E-state index in [9.17, 15) is 9.90 Å². The lowest BCUT2D eigenvalue weighted by Gasteiger charge is -2.07. The number of aromatic nitrogens is 1.